The first kappa shape index (κ1) is 33.8. The molecule has 0 radical (unpaired) electrons. The molecule has 1 aliphatic heterocycles. The Balaban J connectivity index is 1.31. The van der Waals surface area contributed by atoms with Gasteiger partial charge in [0.05, 0.1) is 6.10 Å². The number of rotatable bonds is 10. The van der Waals surface area contributed by atoms with Crippen LogP contribution in [0.15, 0.2) is 28.7 Å². The van der Waals surface area contributed by atoms with Crippen molar-refractivity contribution in [3.8, 4) is 0 Å². The molecule has 3 aliphatic rings. The molecule has 0 spiro atoms. The van der Waals surface area contributed by atoms with Crippen LogP contribution < -0.4 is 11.1 Å². The van der Waals surface area contributed by atoms with E-state index in [4.69, 9.17) is 19.6 Å². The minimum atomic E-state index is -0.760. The third-order valence-corrected chi connectivity index (χ3v) is 10.4. The molecule has 3 N–H and O–H groups in total. The minimum absolute atomic E-state index is 0.00156. The number of nitrogens with zero attached hydrogens (tertiary/aromatic N) is 2. The van der Waals surface area contributed by atoms with Crippen molar-refractivity contribution in [1.29, 1.82) is 0 Å². The molecule has 1 aromatic heterocycles. The molecular weight excluding hydrogens is 595 g/mol. The lowest BCUT2D eigenvalue weighted by Gasteiger charge is -2.37. The molecule has 0 unspecified atom stereocenters. The summed E-state index contributed by atoms with van der Waals surface area (Å²) in [7, 11) is 4.87. The van der Waals surface area contributed by atoms with Gasteiger partial charge in [-0.05, 0) is 99.8 Å². The minimum Gasteiger partial charge on any atom is -0.450 e. The van der Waals surface area contributed by atoms with Crippen LogP contribution in [0, 0.1) is 23.7 Å². The zero-order valence-electron chi connectivity index (χ0n) is 27.0. The first-order valence-electron chi connectivity index (χ1n) is 16.5. The van der Waals surface area contributed by atoms with Gasteiger partial charge in [0.15, 0.2) is 6.61 Å². The molecule has 3 atom stereocenters. The molecule has 3 fully saturated rings. The number of methoxy groups -OCH3 is 1. The first-order valence-corrected chi connectivity index (χ1v) is 16.5. The maximum absolute atomic E-state index is 14.1. The van der Waals surface area contributed by atoms with Crippen LogP contribution in [0.5, 0.6) is 0 Å². The fourth-order valence-corrected chi connectivity index (χ4v) is 7.57. The zero-order chi connectivity index (χ0) is 33.0. The number of fused-ring (bicyclic) bond motifs is 1. The zero-order valence-corrected chi connectivity index (χ0v) is 27.0. The molecule has 1 aromatic carbocycles. The molecule has 11 nitrogen and oxygen atoms in total. The molecule has 3 amide bonds. The second-order valence-corrected chi connectivity index (χ2v) is 13.3. The molecule has 46 heavy (non-hydrogen) atoms. The van der Waals surface area contributed by atoms with Crippen molar-refractivity contribution in [2.45, 2.75) is 76.0 Å². The van der Waals surface area contributed by atoms with Crippen molar-refractivity contribution < 1.29 is 37.5 Å². The van der Waals surface area contributed by atoms with Gasteiger partial charge in [0.2, 0.25) is 17.6 Å². The van der Waals surface area contributed by atoms with Gasteiger partial charge in [-0.1, -0.05) is 0 Å². The van der Waals surface area contributed by atoms with E-state index in [1.54, 1.807) is 44.3 Å². The number of alkyl halides is 1. The van der Waals surface area contributed by atoms with E-state index in [-0.39, 0.29) is 47.3 Å². The highest BCUT2D eigenvalue weighted by atomic mass is 19.1. The van der Waals surface area contributed by atoms with Gasteiger partial charge in [-0.25, -0.2) is 9.18 Å². The molecule has 0 bridgehead atoms. The predicted molar refractivity (Wildman–Crippen MR) is 170 cm³/mol. The first-order chi connectivity index (χ1) is 22.1. The molecule has 2 saturated carbocycles. The van der Waals surface area contributed by atoms with Crippen LogP contribution in [0.1, 0.15) is 68.3 Å². The Morgan fingerprint density at radius 3 is 2.41 bits per heavy atom. The summed E-state index contributed by atoms with van der Waals surface area (Å²) in [6.07, 6.45) is 7.47. The highest BCUT2D eigenvalue weighted by Crippen LogP contribution is 2.42. The predicted octanol–water partition coefficient (Wildman–Crippen LogP) is 4.14. The summed E-state index contributed by atoms with van der Waals surface area (Å²) in [4.78, 5) is 55.4. The van der Waals surface area contributed by atoms with E-state index in [1.807, 2.05) is 0 Å². The Hall–Kier alpha value is -3.51. The number of nitrogens with one attached hydrogen (secondary N) is 1. The van der Waals surface area contributed by atoms with Gasteiger partial charge in [0.1, 0.15) is 18.3 Å². The van der Waals surface area contributed by atoms with Crippen LogP contribution in [0.25, 0.3) is 11.0 Å². The van der Waals surface area contributed by atoms with Crippen LogP contribution >= 0.6 is 0 Å². The highest BCUT2D eigenvalue weighted by molar-refractivity contribution is 6.00. The average Bonchev–Trinajstić information content (AvgIpc) is 3.71. The van der Waals surface area contributed by atoms with Crippen LogP contribution in [0.2, 0.25) is 0 Å². The van der Waals surface area contributed by atoms with Gasteiger partial charge < -0.3 is 34.7 Å². The molecular formula is C34H47FN4O7. The third kappa shape index (κ3) is 7.54. The number of carbonyl (C=O) groups is 4. The molecule has 5 rings (SSSR count). The number of hydrogen-bond acceptors (Lipinski definition) is 8. The number of anilines is 1. The molecule has 2 aliphatic carbocycles. The summed E-state index contributed by atoms with van der Waals surface area (Å²) in [5, 5.41) is 3.63. The van der Waals surface area contributed by atoms with E-state index in [9.17, 15) is 23.6 Å². The molecule has 2 aromatic rings. The smallest absolute Gasteiger partial charge is 0.374 e. The van der Waals surface area contributed by atoms with Crippen LogP contribution in [0.4, 0.5) is 10.1 Å². The summed E-state index contributed by atoms with van der Waals surface area (Å²) >= 11 is 0. The summed E-state index contributed by atoms with van der Waals surface area (Å²) in [6, 6.07) is 5.49. The van der Waals surface area contributed by atoms with E-state index in [1.165, 1.54) is 11.0 Å². The number of benzene rings is 1. The van der Waals surface area contributed by atoms with Gasteiger partial charge in [-0.2, -0.15) is 0 Å². The number of ether oxygens (including phenoxy) is 2. The molecule has 252 valence electrons. The fraction of sp³-hybridized carbons (Fsp3) is 0.647. The number of likely N-dealkylation sites (N-methyl/N-ethyl adjacent to an activating group) is 1. The summed E-state index contributed by atoms with van der Waals surface area (Å²) in [5.74, 6) is -1.18. The van der Waals surface area contributed by atoms with Crippen LogP contribution in [0.3, 0.4) is 0 Å². The second-order valence-electron chi connectivity index (χ2n) is 13.3. The van der Waals surface area contributed by atoms with Crippen LogP contribution in [-0.4, -0.2) is 92.7 Å². The van der Waals surface area contributed by atoms with E-state index in [2.05, 4.69) is 5.32 Å². The average molecular weight is 643 g/mol. The number of carbonyl (C=O) groups excluding carboxylic acids is 4. The number of furan rings is 1. The summed E-state index contributed by atoms with van der Waals surface area (Å²) < 4.78 is 29.5. The number of amides is 3. The highest BCUT2D eigenvalue weighted by Gasteiger charge is 2.47. The Labute approximate surface area is 269 Å². The summed E-state index contributed by atoms with van der Waals surface area (Å²) in [6.45, 7) is -0.432. The van der Waals surface area contributed by atoms with Crippen molar-refractivity contribution in [2.24, 2.45) is 29.4 Å². The maximum Gasteiger partial charge on any atom is 0.374 e. The van der Waals surface area contributed by atoms with Crippen molar-refractivity contribution in [3.05, 3.63) is 30.0 Å². The van der Waals surface area contributed by atoms with Crippen molar-refractivity contribution in [2.75, 3.05) is 46.3 Å². The standard InChI is InChI=1S/C34H47FN4O7/c1-38(2)30(40)19-45-34(43)29-17-23-16-24(10-13-28(23)46-29)37-32(41)31-26(20-8-11-25(44-3)12-9-20)14-15-39(31)33(42)22-6-4-21(5-7-22)27(36)18-35/h10,13,16-17,20-22,25-27,31H,4-9,11-12,14-15,18-19,36H2,1-3H3,(H,37,41)/t20?,21-,22-,25?,26-,27+,31-/m0/s1. The topological polar surface area (TPSA) is 144 Å². The van der Waals surface area contributed by atoms with E-state index < -0.39 is 31.3 Å². The van der Waals surface area contributed by atoms with Gasteiger partial charge >= 0.3 is 5.97 Å². The van der Waals surface area contributed by atoms with Gasteiger partial charge in [0, 0.05) is 50.8 Å². The van der Waals surface area contributed by atoms with Gasteiger partial charge in [-0.15, -0.1) is 0 Å². The Bertz CT molecular complexity index is 1400. The molecule has 12 heteroatoms. The number of esters is 1. The van der Waals surface area contributed by atoms with E-state index >= 15 is 0 Å². The van der Waals surface area contributed by atoms with Crippen molar-refractivity contribution in [3.63, 3.8) is 0 Å². The lowest BCUT2D eigenvalue weighted by atomic mass is 9.75. The lowest BCUT2D eigenvalue weighted by Crippen LogP contribution is -2.50. The monoisotopic (exact) mass is 642 g/mol. The number of halogens is 1. The Morgan fingerprint density at radius 1 is 1.04 bits per heavy atom. The van der Waals surface area contributed by atoms with Crippen molar-refractivity contribution >= 4 is 40.3 Å². The fourth-order valence-electron chi connectivity index (χ4n) is 7.57. The Kier molecular flexibility index (Phi) is 11.0. The normalized spacial score (nSPS) is 27.3. The number of nitrogens with two attached hydrogens (primary N) is 1. The second kappa shape index (κ2) is 14.9. The number of hydrogen-bond donors (Lipinski definition) is 2. The van der Waals surface area contributed by atoms with Gasteiger partial charge in [0.25, 0.3) is 5.91 Å². The Morgan fingerprint density at radius 2 is 1.76 bits per heavy atom. The molecule has 2 heterocycles. The number of likely N-dealkylation sites (tertiary alicyclic amines) is 1. The quantitative estimate of drug-likeness (QED) is 0.368. The third-order valence-electron chi connectivity index (χ3n) is 10.4. The van der Waals surface area contributed by atoms with E-state index in [0.717, 1.165) is 32.1 Å². The summed E-state index contributed by atoms with van der Waals surface area (Å²) in [5.41, 5.74) is 6.90. The molecule has 1 saturated heterocycles. The largest absolute Gasteiger partial charge is 0.450 e. The SMILES string of the molecule is COC1CCC([C@@H]2CCN(C(=O)[C@H]3CC[C@H]([C@H](N)CF)CC3)[C@@H]2C(=O)Nc2ccc3oc(C(=O)OCC(=O)N(C)C)cc3c2)CC1. The van der Waals surface area contributed by atoms with Crippen LogP contribution in [-0.2, 0) is 23.9 Å². The lowest BCUT2D eigenvalue weighted by molar-refractivity contribution is -0.142. The van der Waals surface area contributed by atoms with E-state index in [0.29, 0.717) is 54.8 Å². The maximum atomic E-state index is 14.1. The van der Waals surface area contributed by atoms with Gasteiger partial charge in [-0.3, -0.25) is 14.4 Å². The van der Waals surface area contributed by atoms with Crippen molar-refractivity contribution in [1.82, 2.24) is 9.80 Å².